The third-order valence-corrected chi connectivity index (χ3v) is 4.92. The van der Waals surface area contributed by atoms with Gasteiger partial charge in [-0.25, -0.2) is 0 Å². The number of rotatable bonds is 2. The molecule has 0 amide bonds. The first-order chi connectivity index (χ1) is 8.22. The van der Waals surface area contributed by atoms with Gasteiger partial charge in [0.2, 0.25) is 0 Å². The van der Waals surface area contributed by atoms with Gasteiger partial charge in [-0.15, -0.1) is 0 Å². The van der Waals surface area contributed by atoms with Crippen molar-refractivity contribution in [1.29, 1.82) is 0 Å². The fourth-order valence-electron chi connectivity index (χ4n) is 4.16. The number of hydrogen-bond donors (Lipinski definition) is 1. The van der Waals surface area contributed by atoms with Gasteiger partial charge in [0.05, 0.1) is 12.2 Å². The van der Waals surface area contributed by atoms with Crippen LogP contribution >= 0.6 is 0 Å². The van der Waals surface area contributed by atoms with Gasteiger partial charge in [-0.2, -0.15) is 0 Å². The molecule has 0 unspecified atom stereocenters. The van der Waals surface area contributed by atoms with Crippen molar-refractivity contribution < 1.29 is 14.6 Å². The molecule has 4 rings (SSSR count). The standard InChI is InChI=1S/C13H13NO3/c15-11(16)13-7-12(13,8-3-5-14-6-4-8)9-1-2-10(13)17-9/h3-6,9-10H,1-2,7H2,(H,15,16)/t9-,10+,12+,13+/m0/s1. The van der Waals surface area contributed by atoms with Crippen LogP contribution in [0.3, 0.4) is 0 Å². The summed E-state index contributed by atoms with van der Waals surface area (Å²) < 4.78 is 5.86. The molecule has 17 heavy (non-hydrogen) atoms. The topological polar surface area (TPSA) is 59.4 Å². The summed E-state index contributed by atoms with van der Waals surface area (Å²) in [5.41, 5.74) is 0.157. The van der Waals surface area contributed by atoms with E-state index in [4.69, 9.17) is 4.74 Å². The number of carboxylic acid groups (broad SMARTS) is 1. The number of ether oxygens (including phenoxy) is 1. The maximum atomic E-state index is 11.6. The lowest BCUT2D eigenvalue weighted by Crippen LogP contribution is -2.36. The number of aliphatic carboxylic acids is 1. The van der Waals surface area contributed by atoms with Crippen molar-refractivity contribution in [2.45, 2.75) is 36.9 Å². The van der Waals surface area contributed by atoms with Crippen LogP contribution < -0.4 is 0 Å². The Bertz CT molecular complexity index is 503. The van der Waals surface area contributed by atoms with Gasteiger partial charge in [0.1, 0.15) is 5.41 Å². The molecule has 3 heterocycles. The molecular formula is C13H13NO3. The summed E-state index contributed by atoms with van der Waals surface area (Å²) >= 11 is 0. The van der Waals surface area contributed by atoms with Crippen molar-refractivity contribution in [3.63, 3.8) is 0 Å². The summed E-state index contributed by atoms with van der Waals surface area (Å²) in [5, 5.41) is 9.57. The number of pyridine rings is 1. The average Bonchev–Trinajstić information content (AvgIpc) is 2.78. The zero-order chi connectivity index (χ0) is 11.7. The minimum atomic E-state index is -0.693. The Morgan fingerprint density at radius 3 is 2.76 bits per heavy atom. The molecule has 1 aromatic rings. The van der Waals surface area contributed by atoms with Gasteiger partial charge >= 0.3 is 5.97 Å². The van der Waals surface area contributed by atoms with Crippen molar-refractivity contribution in [3.05, 3.63) is 30.1 Å². The first-order valence-corrected chi connectivity index (χ1v) is 6.01. The fourth-order valence-corrected chi connectivity index (χ4v) is 4.16. The quantitative estimate of drug-likeness (QED) is 0.834. The molecule has 1 N–H and O–H groups in total. The fraction of sp³-hybridized carbons (Fsp3) is 0.538. The summed E-state index contributed by atoms with van der Waals surface area (Å²) in [6.45, 7) is 0. The summed E-state index contributed by atoms with van der Waals surface area (Å²) in [5.74, 6) is -0.693. The van der Waals surface area contributed by atoms with Crippen LogP contribution in [0.15, 0.2) is 24.5 Å². The van der Waals surface area contributed by atoms with E-state index in [0.717, 1.165) is 24.8 Å². The Kier molecular flexibility index (Phi) is 1.52. The Morgan fingerprint density at radius 2 is 2.06 bits per heavy atom. The molecule has 1 saturated carbocycles. The highest BCUT2D eigenvalue weighted by atomic mass is 16.5. The second-order valence-corrected chi connectivity index (χ2v) is 5.35. The Labute approximate surface area is 98.6 Å². The van der Waals surface area contributed by atoms with Gasteiger partial charge in [-0.05, 0) is 37.0 Å². The molecule has 2 aliphatic heterocycles. The number of hydrogen-bond acceptors (Lipinski definition) is 3. The molecular weight excluding hydrogens is 218 g/mol. The van der Waals surface area contributed by atoms with Gasteiger partial charge in [0.15, 0.2) is 0 Å². The third kappa shape index (κ3) is 0.835. The summed E-state index contributed by atoms with van der Waals surface area (Å²) in [6, 6.07) is 3.88. The highest BCUT2D eigenvalue weighted by Gasteiger charge is 2.85. The van der Waals surface area contributed by atoms with Crippen LogP contribution in [0.1, 0.15) is 24.8 Å². The predicted octanol–water partition coefficient (Wildman–Crippen LogP) is 1.36. The Morgan fingerprint density at radius 1 is 1.35 bits per heavy atom. The van der Waals surface area contributed by atoms with Gasteiger partial charge in [0.25, 0.3) is 0 Å². The van der Waals surface area contributed by atoms with Crippen molar-refractivity contribution in [2.24, 2.45) is 5.41 Å². The smallest absolute Gasteiger partial charge is 0.313 e. The molecule has 2 bridgehead atoms. The van der Waals surface area contributed by atoms with E-state index >= 15 is 0 Å². The molecule has 0 spiro atoms. The lowest BCUT2D eigenvalue weighted by Gasteiger charge is -2.24. The first kappa shape index (κ1) is 9.59. The highest BCUT2D eigenvalue weighted by Crippen LogP contribution is 2.77. The van der Waals surface area contributed by atoms with Crippen LogP contribution in [0, 0.1) is 5.41 Å². The number of carbonyl (C=O) groups is 1. The number of carboxylic acids is 1. The molecule has 3 fully saturated rings. The minimum Gasteiger partial charge on any atom is -0.481 e. The van der Waals surface area contributed by atoms with Crippen molar-refractivity contribution >= 4 is 5.97 Å². The number of nitrogens with zero attached hydrogens (tertiary/aromatic N) is 1. The van der Waals surface area contributed by atoms with Crippen molar-refractivity contribution in [3.8, 4) is 0 Å². The Balaban J connectivity index is 1.88. The minimum absolute atomic E-state index is 0.0850. The lowest BCUT2D eigenvalue weighted by molar-refractivity contribution is -0.146. The van der Waals surface area contributed by atoms with E-state index in [9.17, 15) is 9.90 Å². The van der Waals surface area contributed by atoms with E-state index in [1.54, 1.807) is 12.4 Å². The van der Waals surface area contributed by atoms with Gasteiger partial charge in [-0.1, -0.05) is 0 Å². The number of aromatic nitrogens is 1. The van der Waals surface area contributed by atoms with E-state index in [-0.39, 0.29) is 17.6 Å². The molecule has 4 heteroatoms. The second-order valence-electron chi connectivity index (χ2n) is 5.35. The maximum Gasteiger partial charge on any atom is 0.313 e. The molecule has 1 aliphatic carbocycles. The van der Waals surface area contributed by atoms with Crippen LogP contribution in [0.2, 0.25) is 0 Å². The molecule has 88 valence electrons. The van der Waals surface area contributed by atoms with E-state index in [2.05, 4.69) is 4.98 Å². The SMILES string of the molecule is O=C(O)[C@]12C[C@@]1(c1ccncc1)[C@@H]1CC[C@H]2O1. The normalized spacial score (nSPS) is 45.6. The van der Waals surface area contributed by atoms with E-state index in [1.807, 2.05) is 12.1 Å². The monoisotopic (exact) mass is 231 g/mol. The van der Waals surface area contributed by atoms with Crippen LogP contribution in [0.25, 0.3) is 0 Å². The zero-order valence-corrected chi connectivity index (χ0v) is 9.30. The van der Waals surface area contributed by atoms with Crippen molar-refractivity contribution in [2.75, 3.05) is 0 Å². The lowest BCUT2D eigenvalue weighted by atomic mass is 9.76. The highest BCUT2D eigenvalue weighted by molar-refractivity contribution is 5.85. The summed E-state index contributed by atoms with van der Waals surface area (Å²) in [4.78, 5) is 15.6. The van der Waals surface area contributed by atoms with Crippen LogP contribution in [0.4, 0.5) is 0 Å². The van der Waals surface area contributed by atoms with Gasteiger partial charge in [-0.3, -0.25) is 9.78 Å². The third-order valence-electron chi connectivity index (χ3n) is 4.92. The van der Waals surface area contributed by atoms with E-state index < -0.39 is 11.4 Å². The largest absolute Gasteiger partial charge is 0.481 e. The molecule has 0 radical (unpaired) electrons. The first-order valence-electron chi connectivity index (χ1n) is 6.01. The van der Waals surface area contributed by atoms with Gasteiger partial charge in [0, 0.05) is 17.8 Å². The maximum absolute atomic E-state index is 11.6. The number of fused-ring (bicyclic) bond motifs is 5. The molecule has 3 aliphatic rings. The zero-order valence-electron chi connectivity index (χ0n) is 9.30. The average molecular weight is 231 g/mol. The van der Waals surface area contributed by atoms with E-state index in [1.165, 1.54) is 0 Å². The van der Waals surface area contributed by atoms with Crippen molar-refractivity contribution in [1.82, 2.24) is 4.98 Å². The van der Waals surface area contributed by atoms with Crippen LogP contribution in [0.5, 0.6) is 0 Å². The van der Waals surface area contributed by atoms with Crippen LogP contribution in [-0.4, -0.2) is 28.3 Å². The van der Waals surface area contributed by atoms with Gasteiger partial charge < -0.3 is 9.84 Å². The van der Waals surface area contributed by atoms with Crippen LogP contribution in [-0.2, 0) is 14.9 Å². The molecule has 4 nitrogen and oxygen atoms in total. The molecule has 4 atom stereocenters. The summed E-state index contributed by atoms with van der Waals surface area (Å²) in [6.07, 6.45) is 6.09. The molecule has 1 aromatic heterocycles. The summed E-state index contributed by atoms with van der Waals surface area (Å²) in [7, 11) is 0. The predicted molar refractivity (Wildman–Crippen MR) is 58.5 cm³/mol. The Hall–Kier alpha value is -1.42. The molecule has 0 aromatic carbocycles. The van der Waals surface area contributed by atoms with E-state index in [0.29, 0.717) is 0 Å². The molecule has 2 saturated heterocycles. The second kappa shape index (κ2) is 2.70.